The summed E-state index contributed by atoms with van der Waals surface area (Å²) in [6, 6.07) is 22.4. The number of morpholine rings is 1. The molecule has 1 fully saturated rings. The Hall–Kier alpha value is -2.84. The molecule has 0 atom stereocenters. The number of aldehydes is 1. The molecule has 0 aromatic heterocycles. The second kappa shape index (κ2) is 17.6. The number of ether oxygens (including phenoxy) is 1. The van der Waals surface area contributed by atoms with Crippen molar-refractivity contribution in [2.24, 2.45) is 0 Å². The van der Waals surface area contributed by atoms with Crippen LogP contribution in [0.3, 0.4) is 0 Å². The lowest BCUT2D eigenvalue weighted by Gasteiger charge is -2.23. The Bertz CT molecular complexity index is 962. The summed E-state index contributed by atoms with van der Waals surface area (Å²) in [6.45, 7) is 9.39. The molecule has 0 unspecified atom stereocenters. The zero-order valence-corrected chi connectivity index (χ0v) is 22.3. The first-order valence-electron chi connectivity index (χ1n) is 11.2. The highest BCUT2D eigenvalue weighted by Gasteiger charge is 2.07. The largest absolute Gasteiger partial charge is 0.478 e. The minimum Gasteiger partial charge on any atom is -0.478 e. The third-order valence-corrected chi connectivity index (χ3v) is 5.28. The number of carbonyl (C=O) groups excluding carboxylic acids is 1. The molecule has 6 nitrogen and oxygen atoms in total. The van der Waals surface area contributed by atoms with Crippen molar-refractivity contribution in [3.63, 3.8) is 0 Å². The molecule has 1 aliphatic rings. The predicted molar refractivity (Wildman–Crippen MR) is 143 cm³/mol. The minimum absolute atomic E-state index is 0.339. The van der Waals surface area contributed by atoms with Gasteiger partial charge in [0.2, 0.25) is 0 Å². The molecule has 1 heterocycles. The summed E-state index contributed by atoms with van der Waals surface area (Å²) in [5, 5.41) is 10.4. The van der Waals surface area contributed by atoms with E-state index in [1.807, 2.05) is 55.3 Å². The van der Waals surface area contributed by atoms with Crippen molar-refractivity contribution in [3.8, 4) is 0 Å². The molecule has 0 saturated carbocycles. The standard InChI is InChI=1S/C8H8O2.C8H8O.C7H7Br.C5H11NO2/c1-6-2-4-7(5-3-6)8(9)10;1-7-2-4-8(6-9)5-3-7;1-6-2-4-7(8)5-3-6;1-7-6-2-4-8-5-3-6/h2-5H,1H3,(H,9,10);2-6H,1H3;2-5H,1H3;2-5H2,1H3. The fourth-order valence-corrected chi connectivity index (χ4v) is 2.87. The quantitative estimate of drug-likeness (QED) is 0.400. The number of hydrogen-bond donors (Lipinski definition) is 1. The van der Waals surface area contributed by atoms with E-state index in [4.69, 9.17) is 14.7 Å². The molecule has 0 radical (unpaired) electrons. The van der Waals surface area contributed by atoms with Gasteiger partial charge in [-0.3, -0.25) is 4.79 Å². The molecule has 3 aromatic rings. The molecule has 1 N–H and O–H groups in total. The average Bonchev–Trinajstić information content (AvgIpc) is 2.88. The highest BCUT2D eigenvalue weighted by molar-refractivity contribution is 9.10. The molecule has 0 bridgehead atoms. The molecular formula is C28H34BrNO5. The lowest BCUT2D eigenvalue weighted by atomic mass is 10.2. The summed E-state index contributed by atoms with van der Waals surface area (Å²) in [6.07, 6.45) is 0.847. The van der Waals surface area contributed by atoms with E-state index in [0.717, 1.165) is 48.2 Å². The SMILES string of the molecule is CON1CCOCC1.Cc1ccc(Br)cc1.Cc1ccc(C(=O)O)cc1.Cc1ccc(C=O)cc1. The maximum Gasteiger partial charge on any atom is 0.335 e. The molecule has 7 heteroatoms. The van der Waals surface area contributed by atoms with Crippen LogP contribution >= 0.6 is 15.9 Å². The van der Waals surface area contributed by atoms with Crippen LogP contribution in [0.5, 0.6) is 0 Å². The summed E-state index contributed by atoms with van der Waals surface area (Å²) in [5.74, 6) is -0.875. The van der Waals surface area contributed by atoms with Crippen molar-refractivity contribution >= 4 is 28.2 Å². The van der Waals surface area contributed by atoms with Gasteiger partial charge in [-0.1, -0.05) is 81.2 Å². The van der Waals surface area contributed by atoms with Gasteiger partial charge in [-0.05, 0) is 45.0 Å². The van der Waals surface area contributed by atoms with E-state index in [1.54, 1.807) is 31.4 Å². The van der Waals surface area contributed by atoms with Gasteiger partial charge in [0.1, 0.15) is 6.29 Å². The van der Waals surface area contributed by atoms with E-state index >= 15 is 0 Å². The molecule has 35 heavy (non-hydrogen) atoms. The van der Waals surface area contributed by atoms with Crippen LogP contribution in [0.25, 0.3) is 0 Å². The Kier molecular flexibility index (Phi) is 15.2. The van der Waals surface area contributed by atoms with Gasteiger partial charge in [-0.25, -0.2) is 4.79 Å². The van der Waals surface area contributed by atoms with Gasteiger partial charge in [0, 0.05) is 23.1 Å². The third kappa shape index (κ3) is 14.2. The van der Waals surface area contributed by atoms with E-state index in [1.165, 1.54) is 11.1 Å². The van der Waals surface area contributed by atoms with Crippen LogP contribution in [0.4, 0.5) is 0 Å². The second-order valence-electron chi connectivity index (χ2n) is 7.72. The van der Waals surface area contributed by atoms with Crippen molar-refractivity contribution in [3.05, 3.63) is 105 Å². The van der Waals surface area contributed by atoms with Crippen molar-refractivity contribution < 1.29 is 24.3 Å². The molecule has 3 aromatic carbocycles. The van der Waals surface area contributed by atoms with Gasteiger partial charge in [-0.2, -0.15) is 5.06 Å². The van der Waals surface area contributed by atoms with E-state index in [9.17, 15) is 9.59 Å². The molecule has 0 aliphatic carbocycles. The Labute approximate surface area is 216 Å². The number of hydrogen-bond acceptors (Lipinski definition) is 5. The topological polar surface area (TPSA) is 76.1 Å². The number of aromatic carboxylic acids is 1. The summed E-state index contributed by atoms with van der Waals surface area (Å²) in [7, 11) is 1.69. The Balaban J connectivity index is 0.000000234. The van der Waals surface area contributed by atoms with Crippen molar-refractivity contribution in [1.29, 1.82) is 0 Å². The van der Waals surface area contributed by atoms with Crippen LogP contribution in [0.1, 0.15) is 37.4 Å². The first-order valence-corrected chi connectivity index (χ1v) is 11.9. The Morgan fingerprint density at radius 2 is 1.29 bits per heavy atom. The van der Waals surface area contributed by atoms with E-state index in [-0.39, 0.29) is 0 Å². The number of carboxylic acid groups (broad SMARTS) is 1. The highest BCUT2D eigenvalue weighted by Crippen LogP contribution is 2.08. The number of hydroxylamine groups is 2. The molecule has 1 aliphatic heterocycles. The van der Waals surface area contributed by atoms with Crippen molar-refractivity contribution in [2.45, 2.75) is 20.8 Å². The second-order valence-corrected chi connectivity index (χ2v) is 8.63. The normalized spacial score (nSPS) is 12.5. The van der Waals surface area contributed by atoms with Gasteiger partial charge < -0.3 is 14.7 Å². The third-order valence-electron chi connectivity index (χ3n) is 4.75. The molecule has 188 valence electrons. The number of nitrogens with zero attached hydrogens (tertiary/aromatic N) is 1. The zero-order chi connectivity index (χ0) is 26.1. The summed E-state index contributed by atoms with van der Waals surface area (Å²) >= 11 is 3.35. The lowest BCUT2D eigenvalue weighted by molar-refractivity contribution is -0.171. The number of carbonyl (C=O) groups is 2. The van der Waals surface area contributed by atoms with Crippen molar-refractivity contribution in [1.82, 2.24) is 5.06 Å². The van der Waals surface area contributed by atoms with Crippen LogP contribution in [-0.2, 0) is 9.57 Å². The number of halogens is 1. The van der Waals surface area contributed by atoms with Crippen LogP contribution in [-0.4, -0.2) is 55.8 Å². The smallest absolute Gasteiger partial charge is 0.335 e. The van der Waals surface area contributed by atoms with Gasteiger partial charge in [0.25, 0.3) is 0 Å². The average molecular weight is 544 g/mol. The summed E-state index contributed by atoms with van der Waals surface area (Å²) < 4.78 is 6.22. The molecule has 4 rings (SSSR count). The van der Waals surface area contributed by atoms with E-state index < -0.39 is 5.97 Å². The van der Waals surface area contributed by atoms with E-state index in [0.29, 0.717) is 5.56 Å². The van der Waals surface area contributed by atoms with Gasteiger partial charge in [0.15, 0.2) is 0 Å². The molecule has 1 saturated heterocycles. The van der Waals surface area contributed by atoms with E-state index in [2.05, 4.69) is 35.0 Å². The van der Waals surface area contributed by atoms with Crippen LogP contribution in [0.15, 0.2) is 77.3 Å². The lowest BCUT2D eigenvalue weighted by Crippen LogP contribution is -2.35. The Morgan fingerprint density at radius 3 is 1.63 bits per heavy atom. The van der Waals surface area contributed by atoms with Crippen molar-refractivity contribution in [2.75, 3.05) is 33.4 Å². The fraction of sp³-hybridized carbons (Fsp3) is 0.286. The van der Waals surface area contributed by atoms with Crippen LogP contribution in [0.2, 0.25) is 0 Å². The number of benzene rings is 3. The number of aryl methyl sites for hydroxylation is 3. The van der Waals surface area contributed by atoms with Crippen LogP contribution < -0.4 is 0 Å². The first kappa shape index (κ1) is 30.2. The maximum atomic E-state index is 10.3. The maximum absolute atomic E-state index is 10.3. The highest BCUT2D eigenvalue weighted by atomic mass is 79.9. The number of carboxylic acids is 1. The van der Waals surface area contributed by atoms with Gasteiger partial charge >= 0.3 is 5.97 Å². The molecular weight excluding hydrogens is 510 g/mol. The monoisotopic (exact) mass is 543 g/mol. The van der Waals surface area contributed by atoms with Gasteiger partial charge in [-0.15, -0.1) is 0 Å². The zero-order valence-electron chi connectivity index (χ0n) is 20.7. The minimum atomic E-state index is -0.875. The number of rotatable bonds is 3. The molecule has 0 spiro atoms. The van der Waals surface area contributed by atoms with Crippen LogP contribution in [0, 0.1) is 20.8 Å². The Morgan fingerprint density at radius 1 is 0.857 bits per heavy atom. The fourth-order valence-electron chi connectivity index (χ4n) is 2.60. The predicted octanol–water partition coefficient (Wildman–Crippen LogP) is 6.14. The molecule has 0 amide bonds. The summed E-state index contributed by atoms with van der Waals surface area (Å²) in [4.78, 5) is 25.4. The van der Waals surface area contributed by atoms with Gasteiger partial charge in [0.05, 0.1) is 25.9 Å². The summed E-state index contributed by atoms with van der Waals surface area (Å²) in [5.41, 5.74) is 4.63. The first-order chi connectivity index (χ1) is 16.7.